The summed E-state index contributed by atoms with van der Waals surface area (Å²) in [5.41, 5.74) is -1.08. The molecule has 0 bridgehead atoms. The van der Waals surface area contributed by atoms with Crippen molar-refractivity contribution in [3.8, 4) is 11.3 Å². The highest BCUT2D eigenvalue weighted by Gasteiger charge is 2.58. The number of nitrogens with two attached hydrogens (primary N) is 1. The third-order valence-electron chi connectivity index (χ3n) is 6.16. The van der Waals surface area contributed by atoms with Crippen LogP contribution in [0.25, 0.3) is 16.8 Å². The summed E-state index contributed by atoms with van der Waals surface area (Å²) < 4.78 is 110. The number of carbonyl (C=O) groups excluding carboxylic acids is 2. The van der Waals surface area contributed by atoms with E-state index < -0.39 is 83.3 Å². The Kier molecular flexibility index (Phi) is 6.69. The maximum absolute atomic E-state index is 14.5. The maximum Gasteiger partial charge on any atom is 0.426 e. The number of nitrogens with zero attached hydrogens (tertiary/aromatic N) is 4. The van der Waals surface area contributed by atoms with Crippen molar-refractivity contribution in [3.63, 3.8) is 0 Å². The van der Waals surface area contributed by atoms with Crippen molar-refractivity contribution in [3.05, 3.63) is 47.5 Å². The first-order chi connectivity index (χ1) is 17.9. The highest BCUT2D eigenvalue weighted by Crippen LogP contribution is 2.39. The molecule has 0 spiro atoms. The van der Waals surface area contributed by atoms with E-state index in [0.717, 1.165) is 23.0 Å². The summed E-state index contributed by atoms with van der Waals surface area (Å²) >= 11 is 0. The third-order valence-corrected chi connectivity index (χ3v) is 6.16. The van der Waals surface area contributed by atoms with E-state index in [0.29, 0.717) is 17.0 Å². The lowest BCUT2D eigenvalue weighted by Crippen LogP contribution is -2.56. The van der Waals surface area contributed by atoms with E-state index in [9.17, 15) is 49.8 Å². The zero-order chi connectivity index (χ0) is 29.1. The van der Waals surface area contributed by atoms with Gasteiger partial charge in [-0.3, -0.25) is 9.59 Å². The molecule has 2 aromatic heterocycles. The van der Waals surface area contributed by atoms with E-state index in [1.54, 1.807) is 0 Å². The normalized spacial score (nSPS) is 19.8. The Balaban J connectivity index is 1.62. The zero-order valence-electron chi connectivity index (χ0n) is 19.6. The Morgan fingerprint density at radius 2 is 1.77 bits per heavy atom. The quantitative estimate of drug-likeness (QED) is 0.417. The number of anilines is 1. The van der Waals surface area contributed by atoms with Crippen LogP contribution in [0.5, 0.6) is 0 Å². The number of carbonyl (C=O) groups is 2. The van der Waals surface area contributed by atoms with Gasteiger partial charge in [-0.1, -0.05) is 0 Å². The van der Waals surface area contributed by atoms with Crippen molar-refractivity contribution in [2.24, 2.45) is 0 Å². The van der Waals surface area contributed by atoms with Crippen molar-refractivity contribution in [2.45, 2.75) is 37.1 Å². The molecular weight excluding hydrogens is 548 g/mol. The predicted octanol–water partition coefficient (Wildman–Crippen LogP) is 2.73. The number of likely N-dealkylation sites (tertiary alicyclic amines) is 1. The van der Waals surface area contributed by atoms with Crippen LogP contribution in [0, 0.1) is 5.82 Å². The summed E-state index contributed by atoms with van der Waals surface area (Å²) in [7, 11) is 0. The Bertz CT molecular complexity index is 1450. The minimum Gasteiger partial charge on any atom is -0.382 e. The van der Waals surface area contributed by atoms with Gasteiger partial charge >= 0.3 is 12.4 Å². The highest BCUT2D eigenvalue weighted by atomic mass is 19.4. The molecule has 1 saturated heterocycles. The first-order valence-electron chi connectivity index (χ1n) is 11.0. The number of benzene rings is 1. The molecular formula is C22H18F8N6O3. The molecule has 4 rings (SSSR count). The van der Waals surface area contributed by atoms with Gasteiger partial charge in [0.1, 0.15) is 23.8 Å². The summed E-state index contributed by atoms with van der Waals surface area (Å²) in [4.78, 5) is 28.8. The number of fused-ring (bicyclic) bond motifs is 1. The number of aliphatic hydroxyl groups is 1. The third kappa shape index (κ3) is 5.05. The Morgan fingerprint density at radius 1 is 1.10 bits per heavy atom. The largest absolute Gasteiger partial charge is 0.426 e. The lowest BCUT2D eigenvalue weighted by Gasteiger charge is -2.29. The molecule has 3 aromatic rings. The summed E-state index contributed by atoms with van der Waals surface area (Å²) in [5, 5.41) is 15.4. The van der Waals surface area contributed by atoms with Gasteiger partial charge in [0.05, 0.1) is 23.8 Å². The number of rotatable bonds is 4. The van der Waals surface area contributed by atoms with Gasteiger partial charge in [-0.05, 0) is 31.2 Å². The van der Waals surface area contributed by atoms with Gasteiger partial charge in [0.2, 0.25) is 5.60 Å². The smallest absolute Gasteiger partial charge is 0.382 e. The van der Waals surface area contributed by atoms with Crippen molar-refractivity contribution in [1.82, 2.24) is 24.8 Å². The van der Waals surface area contributed by atoms with Crippen LogP contribution in [0.4, 0.5) is 40.9 Å². The van der Waals surface area contributed by atoms with Crippen molar-refractivity contribution in [1.29, 1.82) is 0 Å². The second kappa shape index (κ2) is 9.32. The molecule has 3 heterocycles. The fourth-order valence-corrected chi connectivity index (χ4v) is 4.11. The number of alkyl halides is 7. The van der Waals surface area contributed by atoms with Crippen LogP contribution < -0.4 is 11.1 Å². The second-order valence-corrected chi connectivity index (χ2v) is 8.95. The van der Waals surface area contributed by atoms with Crippen LogP contribution in [-0.2, 0) is 11.0 Å². The molecule has 1 fully saturated rings. The van der Waals surface area contributed by atoms with Crippen LogP contribution >= 0.6 is 0 Å². The maximum atomic E-state index is 14.5. The standard InChI is InChI=1S/C22H18F8N6O3/c1-20(39,22(28,29)30)19(38)35-6-13(24)14(7-35)34-18(37)10-2-9(3-11(23)4-10)15-5-12(21(25,26)27)16-17(31)32-8-33-36(15)16/h2-5,8,13-14,39H,6-7H2,1H3,(H,34,37)(H2,31,32,33)/t13-,14+,20?/m0/s1. The number of amides is 2. The molecule has 2 amide bonds. The fraction of sp³-hybridized carbons (Fsp3) is 0.364. The van der Waals surface area contributed by atoms with Gasteiger partial charge in [0.15, 0.2) is 5.82 Å². The molecule has 1 aliphatic rings. The Morgan fingerprint density at radius 3 is 2.38 bits per heavy atom. The average molecular weight is 566 g/mol. The fourth-order valence-electron chi connectivity index (χ4n) is 4.11. The minimum absolute atomic E-state index is 0.205. The van der Waals surface area contributed by atoms with Gasteiger partial charge in [-0.15, -0.1) is 0 Å². The van der Waals surface area contributed by atoms with E-state index in [1.807, 2.05) is 0 Å². The molecule has 39 heavy (non-hydrogen) atoms. The predicted molar refractivity (Wildman–Crippen MR) is 117 cm³/mol. The van der Waals surface area contributed by atoms with Crippen molar-refractivity contribution < 1.29 is 49.8 Å². The van der Waals surface area contributed by atoms with Gasteiger partial charge in [0.25, 0.3) is 11.8 Å². The van der Waals surface area contributed by atoms with E-state index in [4.69, 9.17) is 5.73 Å². The first kappa shape index (κ1) is 28.0. The summed E-state index contributed by atoms with van der Waals surface area (Å²) in [6.07, 6.45) is -11.4. The molecule has 1 unspecified atom stereocenters. The second-order valence-electron chi connectivity index (χ2n) is 8.95. The van der Waals surface area contributed by atoms with Gasteiger partial charge < -0.3 is 21.1 Å². The number of nitrogen functional groups attached to an aromatic ring is 1. The van der Waals surface area contributed by atoms with E-state index in [1.165, 1.54) is 0 Å². The molecule has 0 radical (unpaired) electrons. The average Bonchev–Trinajstić information content (AvgIpc) is 3.39. The molecule has 9 nitrogen and oxygen atoms in total. The van der Waals surface area contributed by atoms with Gasteiger partial charge in [-0.25, -0.2) is 18.3 Å². The van der Waals surface area contributed by atoms with E-state index in [-0.39, 0.29) is 18.2 Å². The van der Waals surface area contributed by atoms with Crippen LogP contribution in [0.1, 0.15) is 22.8 Å². The van der Waals surface area contributed by atoms with Crippen molar-refractivity contribution >= 4 is 23.1 Å². The van der Waals surface area contributed by atoms with Crippen molar-refractivity contribution in [2.75, 3.05) is 18.8 Å². The highest BCUT2D eigenvalue weighted by molar-refractivity contribution is 5.96. The molecule has 17 heteroatoms. The molecule has 0 aliphatic carbocycles. The molecule has 3 atom stereocenters. The molecule has 1 aromatic carbocycles. The Labute approximate surface area is 213 Å². The van der Waals surface area contributed by atoms with Crippen LogP contribution in [-0.4, -0.2) is 73.5 Å². The summed E-state index contributed by atoms with van der Waals surface area (Å²) in [6.45, 7) is -1.41. The zero-order valence-corrected chi connectivity index (χ0v) is 19.6. The lowest BCUT2D eigenvalue weighted by molar-refractivity contribution is -0.249. The minimum atomic E-state index is -5.35. The monoisotopic (exact) mass is 566 g/mol. The van der Waals surface area contributed by atoms with E-state index >= 15 is 0 Å². The van der Waals surface area contributed by atoms with Crippen LogP contribution in [0.3, 0.4) is 0 Å². The number of nitrogens with one attached hydrogen (secondary N) is 1. The van der Waals surface area contributed by atoms with E-state index in [2.05, 4.69) is 15.4 Å². The molecule has 210 valence electrons. The van der Waals surface area contributed by atoms with Gasteiger partial charge in [0, 0.05) is 17.7 Å². The Hall–Kier alpha value is -4.02. The van der Waals surface area contributed by atoms with Gasteiger partial charge in [-0.2, -0.15) is 31.4 Å². The molecule has 1 aliphatic heterocycles. The number of halogens is 8. The first-order valence-corrected chi connectivity index (χ1v) is 11.0. The summed E-state index contributed by atoms with van der Waals surface area (Å²) in [6, 6.07) is 1.59. The number of aromatic nitrogens is 3. The number of hydrogen-bond acceptors (Lipinski definition) is 6. The molecule has 0 saturated carbocycles. The topological polar surface area (TPSA) is 126 Å². The SMILES string of the molecule is CC(O)(C(=O)N1C[C@H](F)[C@H](NC(=O)c2cc(F)cc(-c3cc(C(F)(F)F)c4c(N)ncnn34)c2)C1)C(F)(F)F. The summed E-state index contributed by atoms with van der Waals surface area (Å²) in [5.74, 6) is -4.54. The van der Waals surface area contributed by atoms with Crippen LogP contribution in [0.15, 0.2) is 30.6 Å². The number of hydrogen-bond donors (Lipinski definition) is 3. The molecule has 4 N–H and O–H groups in total. The lowest BCUT2D eigenvalue weighted by atomic mass is 10.1. The van der Waals surface area contributed by atoms with Crippen LogP contribution in [0.2, 0.25) is 0 Å².